The molecule has 0 aromatic heterocycles. The van der Waals surface area contributed by atoms with Crippen molar-refractivity contribution in [3.63, 3.8) is 0 Å². The van der Waals surface area contributed by atoms with Gasteiger partial charge in [0.25, 0.3) is 0 Å². The molecule has 1 aromatic rings. The number of ether oxygens (including phenoxy) is 9. The van der Waals surface area contributed by atoms with E-state index >= 15 is 0 Å². The number of rotatable bonds is 13. The van der Waals surface area contributed by atoms with Crippen molar-refractivity contribution in [2.24, 2.45) is 16.7 Å². The molecule has 3 saturated heterocycles. The molecule has 23 atom stereocenters. The Hall–Kier alpha value is -2.47. The maximum atomic E-state index is 13.6. The highest BCUT2D eigenvalue weighted by Gasteiger charge is 2.84. The van der Waals surface area contributed by atoms with Crippen LogP contribution in [0.4, 0.5) is 0 Å². The first kappa shape index (κ1) is 53.8. The van der Waals surface area contributed by atoms with Gasteiger partial charge in [0.05, 0.1) is 66.0 Å². The molecule has 70 heavy (non-hydrogen) atoms. The summed E-state index contributed by atoms with van der Waals surface area (Å²) in [6.45, 7) is 10.1. The van der Waals surface area contributed by atoms with Gasteiger partial charge < -0.3 is 83.5 Å². The van der Waals surface area contributed by atoms with Crippen molar-refractivity contribution in [2.75, 3.05) is 14.2 Å². The second-order valence-electron chi connectivity index (χ2n) is 21.8. The van der Waals surface area contributed by atoms with Crippen molar-refractivity contribution < 1.29 is 88.3 Å². The molecule has 4 aliphatic carbocycles. The van der Waals surface area contributed by atoms with E-state index in [1.807, 2.05) is 43.3 Å². The first-order valence-corrected chi connectivity index (χ1v) is 25.2. The van der Waals surface area contributed by atoms with E-state index in [9.17, 15) is 45.6 Å². The summed E-state index contributed by atoms with van der Waals surface area (Å²) in [6.07, 6.45) is -6.46. The maximum Gasteiger partial charge on any atom is 0.331 e. The molecule has 0 unspecified atom stereocenters. The van der Waals surface area contributed by atoms with Crippen LogP contribution in [0.2, 0.25) is 0 Å². The monoisotopic (exact) mass is 991 g/mol. The van der Waals surface area contributed by atoms with Gasteiger partial charge in [-0.3, -0.25) is 0 Å². The first-order chi connectivity index (χ1) is 33.0. The number of hydrogen-bond donors (Lipinski definition) is 8. The number of carbonyl (C=O) groups is 1. The normalized spacial score (nSPS) is 50.1. The number of aliphatic hydroxyl groups excluding tert-OH is 4. The molecule has 0 spiro atoms. The minimum atomic E-state index is -2.18. The Kier molecular flexibility index (Phi) is 15.6. The fourth-order valence-corrected chi connectivity index (χ4v) is 14.0. The van der Waals surface area contributed by atoms with Crippen LogP contribution in [0.25, 0.3) is 6.08 Å². The summed E-state index contributed by atoms with van der Waals surface area (Å²) in [4.78, 5) is 13.6. The van der Waals surface area contributed by atoms with E-state index in [1.54, 1.807) is 34.0 Å². The summed E-state index contributed by atoms with van der Waals surface area (Å²) < 4.78 is 55.1. The van der Waals surface area contributed by atoms with E-state index in [1.165, 1.54) is 33.1 Å². The lowest BCUT2D eigenvalue weighted by atomic mass is 9.38. The Bertz CT molecular complexity index is 2010. The number of fused-ring (bicyclic) bond motifs is 5. The number of aliphatic hydroxyl groups is 8. The average Bonchev–Trinajstić information content (AvgIpc) is 3.54. The second kappa shape index (κ2) is 20.3. The molecular formula is C52H78O18. The van der Waals surface area contributed by atoms with Crippen molar-refractivity contribution in [2.45, 2.75) is 226 Å². The highest BCUT2D eigenvalue weighted by Crippen LogP contribution is 2.73. The van der Waals surface area contributed by atoms with Gasteiger partial charge in [0.15, 0.2) is 18.9 Å². The predicted octanol–water partition coefficient (Wildman–Crippen LogP) is 2.56. The minimum Gasteiger partial charge on any atom is -0.458 e. The molecular weight excluding hydrogens is 913 g/mol. The van der Waals surface area contributed by atoms with Crippen molar-refractivity contribution >= 4 is 12.0 Å². The summed E-state index contributed by atoms with van der Waals surface area (Å²) in [6, 6.07) is 9.50. The van der Waals surface area contributed by atoms with Crippen LogP contribution in [0.1, 0.15) is 111 Å². The van der Waals surface area contributed by atoms with Crippen LogP contribution >= 0.6 is 0 Å². The SMILES string of the molecule is CO[C@H]1C[C@H](O[C@H]2[C@@H](O)C[C@H](O[C@H]3CC[C@]4(C)[C@H]5C[C@@H](OC(=O)/C=C/C=C/c6ccccc6)[C@@]6(C)[C@](O)(CC[C@@]6(O)[C@H](C)O)[C@]5(O)C[C@H](O)[C@@]4(O)C3)O[C@@H]2C)O[C@H](C)[C@H]1O[C@H]1C[C@@H](OC)[C@H](O)[C@@H](C)O1. The molecule has 0 bridgehead atoms. The zero-order chi connectivity index (χ0) is 50.8. The van der Waals surface area contributed by atoms with E-state index in [0.717, 1.165) is 5.56 Å². The fourth-order valence-electron chi connectivity index (χ4n) is 14.0. The predicted molar refractivity (Wildman–Crippen MR) is 249 cm³/mol. The van der Waals surface area contributed by atoms with E-state index in [2.05, 4.69) is 0 Å². The summed E-state index contributed by atoms with van der Waals surface area (Å²) in [5.41, 5.74) is -10.3. The van der Waals surface area contributed by atoms with Gasteiger partial charge in [-0.25, -0.2) is 4.79 Å². The number of methoxy groups -OCH3 is 2. The molecule has 3 heterocycles. The largest absolute Gasteiger partial charge is 0.458 e. The molecule has 3 aliphatic heterocycles. The maximum absolute atomic E-state index is 13.6. The highest BCUT2D eigenvalue weighted by molar-refractivity contribution is 5.82. The highest BCUT2D eigenvalue weighted by atomic mass is 16.7. The molecule has 7 fully saturated rings. The van der Waals surface area contributed by atoms with Gasteiger partial charge in [-0.15, -0.1) is 0 Å². The van der Waals surface area contributed by atoms with Gasteiger partial charge in [-0.05, 0) is 65.4 Å². The number of esters is 1. The third-order valence-corrected chi connectivity index (χ3v) is 18.2. The Morgan fingerprint density at radius 2 is 1.36 bits per heavy atom. The molecule has 7 aliphatic rings. The molecule has 394 valence electrons. The van der Waals surface area contributed by atoms with Gasteiger partial charge in [0.1, 0.15) is 41.2 Å². The van der Waals surface area contributed by atoms with Crippen LogP contribution in [-0.2, 0) is 47.4 Å². The first-order valence-electron chi connectivity index (χ1n) is 25.2. The molecule has 8 rings (SSSR count). The third kappa shape index (κ3) is 9.06. The van der Waals surface area contributed by atoms with Crippen molar-refractivity contribution in [1.29, 1.82) is 0 Å². The second-order valence-corrected chi connectivity index (χ2v) is 21.8. The van der Waals surface area contributed by atoms with E-state index in [4.69, 9.17) is 42.6 Å². The number of hydrogen-bond acceptors (Lipinski definition) is 18. The van der Waals surface area contributed by atoms with Crippen LogP contribution in [0, 0.1) is 16.7 Å². The van der Waals surface area contributed by atoms with Gasteiger partial charge in [-0.1, -0.05) is 62.4 Å². The Morgan fingerprint density at radius 3 is 2.00 bits per heavy atom. The molecule has 18 nitrogen and oxygen atoms in total. The summed E-state index contributed by atoms with van der Waals surface area (Å²) in [5, 5.41) is 96.1. The average molecular weight is 991 g/mol. The zero-order valence-corrected chi connectivity index (χ0v) is 41.7. The van der Waals surface area contributed by atoms with Crippen LogP contribution < -0.4 is 0 Å². The standard InChI is InChI=1S/C52H78O18/c1-28-44(57)35(62-7)23-42(64-28)70-46-30(3)66-43(24-36(46)63-8)69-45-29(2)65-41(22-34(45)54)67-33-18-19-47(5)37-25-39(68-40(56)17-13-12-16-32-14-10-9-11-15-32)48(6)49(58,31(4)53)20-21-52(48,61)50(37,59)27-38(55)51(47,60)26-33/h9-17,28-31,33-39,41-46,53-55,57-61H,18-27H2,1-8H3/b16-12+,17-13+/t28-,29-,30-,31+,33+,34+,35-,36+,37-,38+,39-,41+,42+,43+,44-,45-,46-,47-,48-,49-,50+,51+,52-/m1/s1. The van der Waals surface area contributed by atoms with Gasteiger partial charge in [0.2, 0.25) is 0 Å². The summed E-state index contributed by atoms with van der Waals surface area (Å²) in [5.74, 6) is -1.72. The Morgan fingerprint density at radius 1 is 0.743 bits per heavy atom. The lowest BCUT2D eigenvalue weighted by Crippen LogP contribution is -2.83. The lowest BCUT2D eigenvalue weighted by Gasteiger charge is -2.71. The van der Waals surface area contributed by atoms with E-state index in [-0.39, 0.29) is 44.9 Å². The molecule has 1 aromatic carbocycles. The van der Waals surface area contributed by atoms with Crippen LogP contribution in [0.3, 0.4) is 0 Å². The molecule has 8 N–H and O–H groups in total. The summed E-state index contributed by atoms with van der Waals surface area (Å²) in [7, 11) is 3.11. The van der Waals surface area contributed by atoms with Crippen molar-refractivity contribution in [3.8, 4) is 0 Å². The smallest absolute Gasteiger partial charge is 0.331 e. The van der Waals surface area contributed by atoms with Crippen molar-refractivity contribution in [3.05, 3.63) is 54.1 Å². The minimum absolute atomic E-state index is 0.0267. The lowest BCUT2D eigenvalue weighted by molar-refractivity contribution is -0.375. The third-order valence-electron chi connectivity index (χ3n) is 18.2. The Balaban J connectivity index is 0.927. The van der Waals surface area contributed by atoms with Crippen LogP contribution in [0.15, 0.2) is 48.6 Å². The van der Waals surface area contributed by atoms with E-state index in [0.29, 0.717) is 12.8 Å². The van der Waals surface area contributed by atoms with Gasteiger partial charge in [-0.2, -0.15) is 0 Å². The van der Waals surface area contributed by atoms with Gasteiger partial charge >= 0.3 is 5.97 Å². The zero-order valence-electron chi connectivity index (χ0n) is 41.7. The topological polar surface area (TPSA) is 262 Å². The molecule has 4 saturated carbocycles. The fraction of sp³-hybridized carbons (Fsp3) is 0.788. The van der Waals surface area contributed by atoms with Crippen molar-refractivity contribution in [1.82, 2.24) is 0 Å². The quantitative estimate of drug-likeness (QED) is 0.0611. The molecule has 0 radical (unpaired) electrons. The van der Waals surface area contributed by atoms with Crippen LogP contribution in [-0.4, -0.2) is 182 Å². The number of carbonyl (C=O) groups excluding carboxylic acids is 1. The van der Waals surface area contributed by atoms with Gasteiger partial charge in [0, 0.05) is 63.7 Å². The molecule has 18 heteroatoms. The van der Waals surface area contributed by atoms with E-state index < -0.39 is 150 Å². The molecule has 0 amide bonds. The number of allylic oxidation sites excluding steroid dienone is 2. The Labute approximate surface area is 410 Å². The number of benzene rings is 1. The van der Waals surface area contributed by atoms with Crippen LogP contribution in [0.5, 0.6) is 0 Å². The summed E-state index contributed by atoms with van der Waals surface area (Å²) >= 11 is 0.